The molecule has 0 fully saturated rings. The summed E-state index contributed by atoms with van der Waals surface area (Å²) in [4.78, 5) is 12.5. The number of hydrogen-bond acceptors (Lipinski definition) is 6. The van der Waals surface area contributed by atoms with Crippen molar-refractivity contribution in [2.75, 3.05) is 6.26 Å². The summed E-state index contributed by atoms with van der Waals surface area (Å²) in [6.45, 7) is 1.53. The highest BCUT2D eigenvalue weighted by Gasteiger charge is 2.19. The van der Waals surface area contributed by atoms with Gasteiger partial charge in [0.1, 0.15) is 18.2 Å². The lowest BCUT2D eigenvalue weighted by atomic mass is 10.2. The summed E-state index contributed by atoms with van der Waals surface area (Å²) in [5.74, 6) is -0.687. The van der Waals surface area contributed by atoms with Crippen molar-refractivity contribution in [2.45, 2.75) is 18.4 Å². The topological polar surface area (TPSA) is 102 Å². The number of sulfone groups is 1. The van der Waals surface area contributed by atoms with E-state index < -0.39 is 15.8 Å². The van der Waals surface area contributed by atoms with Gasteiger partial charge < -0.3 is 4.74 Å². The molecule has 0 amide bonds. The first-order valence-electron chi connectivity index (χ1n) is 8.32. The van der Waals surface area contributed by atoms with Gasteiger partial charge in [0.15, 0.2) is 9.84 Å². The molecule has 0 aliphatic carbocycles. The zero-order chi connectivity index (χ0) is 20.3. The van der Waals surface area contributed by atoms with Crippen molar-refractivity contribution < 1.29 is 17.9 Å². The Labute approximate surface area is 162 Å². The van der Waals surface area contributed by atoms with Crippen molar-refractivity contribution in [3.63, 3.8) is 0 Å². The van der Waals surface area contributed by atoms with Gasteiger partial charge in [-0.1, -0.05) is 24.3 Å². The van der Waals surface area contributed by atoms with Crippen LogP contribution in [0.2, 0.25) is 0 Å². The van der Waals surface area contributed by atoms with Gasteiger partial charge in [-0.15, -0.1) is 0 Å². The predicted octanol–water partition coefficient (Wildman–Crippen LogP) is 2.81. The summed E-state index contributed by atoms with van der Waals surface area (Å²) >= 11 is 0. The maximum Gasteiger partial charge on any atom is 0.338 e. The molecule has 0 N–H and O–H groups in total. The highest BCUT2D eigenvalue weighted by molar-refractivity contribution is 7.90. The zero-order valence-corrected chi connectivity index (χ0v) is 16.1. The van der Waals surface area contributed by atoms with Crippen molar-refractivity contribution in [3.8, 4) is 11.8 Å². The smallest absolute Gasteiger partial charge is 0.338 e. The summed E-state index contributed by atoms with van der Waals surface area (Å²) in [7, 11) is -3.44. The van der Waals surface area contributed by atoms with Crippen LogP contribution in [-0.2, 0) is 21.2 Å². The van der Waals surface area contributed by atoms with E-state index in [9.17, 15) is 18.5 Å². The molecule has 0 atom stereocenters. The number of aromatic nitrogens is 2. The molecular formula is C20H17N3O4S. The van der Waals surface area contributed by atoms with Crippen molar-refractivity contribution >= 4 is 15.8 Å². The fourth-order valence-corrected chi connectivity index (χ4v) is 3.37. The molecule has 0 radical (unpaired) electrons. The Bertz CT molecular complexity index is 1180. The van der Waals surface area contributed by atoms with Gasteiger partial charge >= 0.3 is 5.97 Å². The third kappa shape index (κ3) is 3.94. The van der Waals surface area contributed by atoms with Crippen LogP contribution in [0.25, 0.3) is 5.69 Å². The number of benzene rings is 2. The Morgan fingerprint density at radius 2 is 1.89 bits per heavy atom. The minimum atomic E-state index is -3.44. The molecular weight excluding hydrogens is 378 g/mol. The van der Waals surface area contributed by atoms with E-state index >= 15 is 0 Å². The van der Waals surface area contributed by atoms with E-state index in [4.69, 9.17) is 4.74 Å². The molecule has 142 valence electrons. The van der Waals surface area contributed by atoms with Crippen molar-refractivity contribution in [2.24, 2.45) is 0 Å². The number of hydrogen-bond donors (Lipinski definition) is 0. The number of aryl methyl sites for hydroxylation is 1. The van der Waals surface area contributed by atoms with Crippen molar-refractivity contribution in [1.29, 1.82) is 5.26 Å². The number of ether oxygens (including phenoxy) is 1. The quantitative estimate of drug-likeness (QED) is 0.616. The van der Waals surface area contributed by atoms with E-state index in [1.807, 2.05) is 30.3 Å². The van der Waals surface area contributed by atoms with Gasteiger partial charge in [-0.25, -0.2) is 17.9 Å². The molecule has 8 heteroatoms. The number of nitrogens with zero attached hydrogens (tertiary/aromatic N) is 3. The number of carbonyl (C=O) groups excluding carboxylic acids is 1. The molecule has 0 aliphatic rings. The van der Waals surface area contributed by atoms with E-state index in [-0.39, 0.29) is 17.1 Å². The van der Waals surface area contributed by atoms with Crippen LogP contribution in [-0.4, -0.2) is 30.4 Å². The molecule has 0 unspecified atom stereocenters. The lowest BCUT2D eigenvalue weighted by Crippen LogP contribution is -2.10. The average molecular weight is 395 g/mol. The lowest BCUT2D eigenvalue weighted by Gasteiger charge is -2.09. The standard InChI is InChI=1S/C20H17N3O4S/c1-14-18(12-21)19(23(22-14)16-8-4-3-5-9-16)13-27-20(24)15-7-6-10-17(11-15)28(2,25)26/h3-11H,13H2,1-2H3. The number of rotatable bonds is 5. The van der Waals surface area contributed by atoms with Gasteiger partial charge in [0, 0.05) is 6.26 Å². The first-order valence-corrected chi connectivity index (χ1v) is 10.2. The summed E-state index contributed by atoms with van der Waals surface area (Å²) in [5.41, 5.74) is 2.15. The maximum atomic E-state index is 12.4. The van der Waals surface area contributed by atoms with Crippen LogP contribution >= 0.6 is 0 Å². The number of carbonyl (C=O) groups is 1. The molecule has 7 nitrogen and oxygen atoms in total. The van der Waals surface area contributed by atoms with E-state index in [1.54, 1.807) is 11.6 Å². The van der Waals surface area contributed by atoms with Gasteiger partial charge in [0.05, 0.1) is 27.5 Å². The van der Waals surface area contributed by atoms with Gasteiger partial charge in [0.25, 0.3) is 0 Å². The fourth-order valence-electron chi connectivity index (χ4n) is 2.71. The third-order valence-corrected chi connectivity index (χ3v) is 5.22. The third-order valence-electron chi connectivity index (χ3n) is 4.11. The van der Waals surface area contributed by atoms with Crippen LogP contribution in [0.5, 0.6) is 0 Å². The molecule has 0 saturated carbocycles. The second-order valence-electron chi connectivity index (χ2n) is 6.14. The SMILES string of the molecule is Cc1nn(-c2ccccc2)c(COC(=O)c2cccc(S(C)(=O)=O)c2)c1C#N. The van der Waals surface area contributed by atoms with E-state index in [0.717, 1.165) is 11.9 Å². The molecule has 3 aromatic rings. The first kappa shape index (κ1) is 19.3. The summed E-state index contributed by atoms with van der Waals surface area (Å²) in [6.07, 6.45) is 1.07. The van der Waals surface area contributed by atoms with Crippen LogP contribution < -0.4 is 0 Å². The maximum absolute atomic E-state index is 12.4. The molecule has 1 heterocycles. The minimum Gasteiger partial charge on any atom is -0.456 e. The Kier molecular flexibility index (Phi) is 5.29. The van der Waals surface area contributed by atoms with Crippen molar-refractivity contribution in [1.82, 2.24) is 9.78 Å². The molecule has 2 aromatic carbocycles. The molecule has 0 bridgehead atoms. The Morgan fingerprint density at radius 3 is 2.54 bits per heavy atom. The number of esters is 1. The molecule has 0 aliphatic heterocycles. The second kappa shape index (κ2) is 7.66. The van der Waals surface area contributed by atoms with Crippen LogP contribution in [0.3, 0.4) is 0 Å². The Balaban J connectivity index is 1.89. The lowest BCUT2D eigenvalue weighted by molar-refractivity contribution is 0.0464. The highest BCUT2D eigenvalue weighted by atomic mass is 32.2. The molecule has 0 spiro atoms. The monoisotopic (exact) mass is 395 g/mol. The van der Waals surface area contributed by atoms with E-state index in [1.165, 1.54) is 24.3 Å². The number of nitriles is 1. The summed E-state index contributed by atoms with van der Waals surface area (Å²) in [5, 5.41) is 13.8. The number of para-hydroxylation sites is 1. The van der Waals surface area contributed by atoms with E-state index in [0.29, 0.717) is 17.0 Å². The largest absolute Gasteiger partial charge is 0.456 e. The van der Waals surface area contributed by atoms with Crippen LogP contribution in [0.15, 0.2) is 59.5 Å². The Morgan fingerprint density at radius 1 is 1.18 bits per heavy atom. The van der Waals surface area contributed by atoms with Gasteiger partial charge in [-0.05, 0) is 37.3 Å². The Hall–Kier alpha value is -3.44. The zero-order valence-electron chi connectivity index (χ0n) is 15.3. The summed E-state index contributed by atoms with van der Waals surface area (Å²) < 4.78 is 30.3. The van der Waals surface area contributed by atoms with Gasteiger partial charge in [0.2, 0.25) is 0 Å². The van der Waals surface area contributed by atoms with Gasteiger partial charge in [-0.2, -0.15) is 10.4 Å². The van der Waals surface area contributed by atoms with Crippen LogP contribution in [0, 0.1) is 18.3 Å². The average Bonchev–Trinajstić information content (AvgIpc) is 3.01. The second-order valence-corrected chi connectivity index (χ2v) is 8.16. The van der Waals surface area contributed by atoms with Crippen molar-refractivity contribution in [3.05, 3.63) is 77.1 Å². The first-order chi connectivity index (χ1) is 13.3. The predicted molar refractivity (Wildman–Crippen MR) is 102 cm³/mol. The molecule has 3 rings (SSSR count). The molecule has 1 aromatic heterocycles. The highest BCUT2D eigenvalue weighted by Crippen LogP contribution is 2.20. The van der Waals surface area contributed by atoms with E-state index in [2.05, 4.69) is 11.2 Å². The molecule has 28 heavy (non-hydrogen) atoms. The van der Waals surface area contributed by atoms with Crippen LogP contribution in [0.4, 0.5) is 0 Å². The van der Waals surface area contributed by atoms with Gasteiger partial charge in [-0.3, -0.25) is 0 Å². The fraction of sp³-hybridized carbons (Fsp3) is 0.150. The van der Waals surface area contributed by atoms with Crippen LogP contribution in [0.1, 0.15) is 27.3 Å². The normalized spacial score (nSPS) is 11.0. The minimum absolute atomic E-state index is 0.0323. The molecule has 0 saturated heterocycles. The summed E-state index contributed by atoms with van der Waals surface area (Å²) in [6, 6.07) is 16.9.